The Morgan fingerprint density at radius 1 is 1.31 bits per heavy atom. The van der Waals surface area contributed by atoms with E-state index in [1.54, 1.807) is 22.6 Å². The highest BCUT2D eigenvalue weighted by atomic mass is 127. The number of halogens is 5. The van der Waals surface area contributed by atoms with Crippen LogP contribution in [0.5, 0.6) is 0 Å². The van der Waals surface area contributed by atoms with Crippen LogP contribution in [0.3, 0.4) is 0 Å². The molecule has 0 bridgehead atoms. The highest BCUT2D eigenvalue weighted by molar-refractivity contribution is 14.1. The predicted molar refractivity (Wildman–Crippen MR) is 56.3 cm³/mol. The summed E-state index contributed by atoms with van der Waals surface area (Å²) < 4.78 is 37.4. The molecule has 0 saturated carbocycles. The van der Waals surface area contributed by atoms with Crippen LogP contribution in [0.25, 0.3) is 0 Å². The predicted octanol–water partition coefficient (Wildman–Crippen LogP) is 3.65. The number of nitrogens with two attached hydrogens (primary N) is 1. The van der Waals surface area contributed by atoms with Crippen LogP contribution < -0.4 is 5.73 Å². The fourth-order valence-electron chi connectivity index (χ4n) is 0.816. The average Bonchev–Trinajstić information content (AvgIpc) is 1.94. The standard InChI is InChI=1S/C7H4BrF3IN/c8-6-4(7(9,10)11)1-3(13)2-5(6)12/h1-2H,13H2. The van der Waals surface area contributed by atoms with E-state index in [1.165, 1.54) is 6.07 Å². The lowest BCUT2D eigenvalue weighted by Gasteiger charge is -2.10. The molecule has 0 aliphatic rings. The van der Waals surface area contributed by atoms with Crippen molar-refractivity contribution in [1.29, 1.82) is 0 Å². The second-order valence-electron chi connectivity index (χ2n) is 2.36. The Balaban J connectivity index is 3.37. The van der Waals surface area contributed by atoms with Gasteiger partial charge in [-0.05, 0) is 50.7 Å². The van der Waals surface area contributed by atoms with Gasteiger partial charge in [0.1, 0.15) is 0 Å². The van der Waals surface area contributed by atoms with Gasteiger partial charge in [0.15, 0.2) is 0 Å². The second kappa shape index (κ2) is 3.64. The Morgan fingerprint density at radius 2 is 1.85 bits per heavy atom. The van der Waals surface area contributed by atoms with Crippen LogP contribution in [0.1, 0.15) is 5.56 Å². The molecule has 0 aliphatic heterocycles. The molecule has 1 rings (SSSR count). The highest BCUT2D eigenvalue weighted by Crippen LogP contribution is 2.38. The van der Waals surface area contributed by atoms with Gasteiger partial charge < -0.3 is 5.73 Å². The molecule has 72 valence electrons. The molecule has 1 nitrogen and oxygen atoms in total. The second-order valence-corrected chi connectivity index (χ2v) is 4.32. The molecule has 1 aromatic rings. The van der Waals surface area contributed by atoms with Crippen molar-refractivity contribution in [2.24, 2.45) is 0 Å². The van der Waals surface area contributed by atoms with Gasteiger partial charge in [0.05, 0.1) is 5.56 Å². The lowest BCUT2D eigenvalue weighted by molar-refractivity contribution is -0.138. The van der Waals surface area contributed by atoms with E-state index in [-0.39, 0.29) is 10.2 Å². The topological polar surface area (TPSA) is 26.0 Å². The third-order valence-corrected chi connectivity index (χ3v) is 3.80. The van der Waals surface area contributed by atoms with E-state index in [0.29, 0.717) is 3.57 Å². The number of benzene rings is 1. The Hall–Kier alpha value is 0.0200. The summed E-state index contributed by atoms with van der Waals surface area (Å²) in [4.78, 5) is 0. The summed E-state index contributed by atoms with van der Waals surface area (Å²) in [6.07, 6.45) is -4.37. The summed E-state index contributed by atoms with van der Waals surface area (Å²) >= 11 is 4.66. The van der Waals surface area contributed by atoms with Crippen molar-refractivity contribution in [3.8, 4) is 0 Å². The summed E-state index contributed by atoms with van der Waals surface area (Å²) in [6, 6.07) is 2.38. The van der Waals surface area contributed by atoms with Gasteiger partial charge in [-0.25, -0.2) is 0 Å². The maximum absolute atomic E-state index is 12.3. The Bertz CT molecular complexity index is 337. The maximum atomic E-state index is 12.3. The molecular formula is C7H4BrF3IN. The van der Waals surface area contributed by atoms with E-state index in [1.807, 2.05) is 0 Å². The molecule has 0 fully saturated rings. The normalized spacial score (nSPS) is 11.8. The number of hydrogen-bond donors (Lipinski definition) is 1. The first kappa shape index (κ1) is 11.1. The van der Waals surface area contributed by atoms with Crippen molar-refractivity contribution in [1.82, 2.24) is 0 Å². The Morgan fingerprint density at radius 3 is 2.31 bits per heavy atom. The van der Waals surface area contributed by atoms with Gasteiger partial charge in [0, 0.05) is 13.7 Å². The molecule has 0 atom stereocenters. The number of hydrogen-bond acceptors (Lipinski definition) is 1. The Labute approximate surface area is 94.8 Å². The third-order valence-electron chi connectivity index (χ3n) is 1.36. The fourth-order valence-corrected chi connectivity index (χ4v) is 1.92. The Kier molecular flexibility index (Phi) is 3.11. The van der Waals surface area contributed by atoms with E-state index in [4.69, 9.17) is 5.73 Å². The zero-order valence-electron chi connectivity index (χ0n) is 6.12. The molecule has 0 saturated heterocycles. The van der Waals surface area contributed by atoms with Crippen LogP contribution >= 0.6 is 38.5 Å². The fraction of sp³-hybridized carbons (Fsp3) is 0.143. The highest BCUT2D eigenvalue weighted by Gasteiger charge is 2.33. The van der Waals surface area contributed by atoms with Crippen molar-refractivity contribution in [2.45, 2.75) is 6.18 Å². The van der Waals surface area contributed by atoms with E-state index < -0.39 is 11.7 Å². The quantitative estimate of drug-likeness (QED) is 0.551. The van der Waals surface area contributed by atoms with Gasteiger partial charge in [-0.3, -0.25) is 0 Å². The molecular weight excluding hydrogens is 362 g/mol. The van der Waals surface area contributed by atoms with Crippen LogP contribution in [0, 0.1) is 3.57 Å². The molecule has 1 aromatic carbocycles. The summed E-state index contributed by atoms with van der Waals surface area (Å²) in [6.45, 7) is 0. The molecule has 0 aromatic heterocycles. The summed E-state index contributed by atoms with van der Waals surface area (Å²) in [7, 11) is 0. The summed E-state index contributed by atoms with van der Waals surface area (Å²) in [5.74, 6) is 0. The molecule has 2 N–H and O–H groups in total. The lowest BCUT2D eigenvalue weighted by atomic mass is 10.2. The zero-order valence-corrected chi connectivity index (χ0v) is 9.87. The molecule has 0 radical (unpaired) electrons. The van der Waals surface area contributed by atoms with Crippen molar-refractivity contribution in [2.75, 3.05) is 5.73 Å². The van der Waals surface area contributed by atoms with Gasteiger partial charge in [0.25, 0.3) is 0 Å². The number of alkyl halides is 3. The molecule has 0 heterocycles. The van der Waals surface area contributed by atoms with Crippen LogP contribution in [0.2, 0.25) is 0 Å². The van der Waals surface area contributed by atoms with E-state index in [9.17, 15) is 13.2 Å². The molecule has 0 unspecified atom stereocenters. The minimum atomic E-state index is -4.37. The molecule has 6 heteroatoms. The minimum Gasteiger partial charge on any atom is -0.399 e. The monoisotopic (exact) mass is 365 g/mol. The van der Waals surface area contributed by atoms with Gasteiger partial charge >= 0.3 is 6.18 Å². The van der Waals surface area contributed by atoms with Gasteiger partial charge in [-0.2, -0.15) is 13.2 Å². The van der Waals surface area contributed by atoms with Gasteiger partial charge in [0.2, 0.25) is 0 Å². The lowest BCUT2D eigenvalue weighted by Crippen LogP contribution is -2.07. The van der Waals surface area contributed by atoms with Crippen LogP contribution in [0.15, 0.2) is 16.6 Å². The van der Waals surface area contributed by atoms with Crippen molar-refractivity contribution in [3.05, 3.63) is 25.7 Å². The van der Waals surface area contributed by atoms with E-state index in [2.05, 4.69) is 15.9 Å². The van der Waals surface area contributed by atoms with Crippen LogP contribution in [0.4, 0.5) is 18.9 Å². The molecule has 0 spiro atoms. The number of rotatable bonds is 0. The average molecular weight is 366 g/mol. The van der Waals surface area contributed by atoms with Crippen molar-refractivity contribution < 1.29 is 13.2 Å². The van der Waals surface area contributed by atoms with Crippen LogP contribution in [-0.2, 0) is 6.18 Å². The summed E-state index contributed by atoms with van der Waals surface area (Å²) in [5, 5.41) is 0. The van der Waals surface area contributed by atoms with E-state index >= 15 is 0 Å². The SMILES string of the molecule is Nc1cc(I)c(Br)c(C(F)(F)F)c1. The number of anilines is 1. The van der Waals surface area contributed by atoms with E-state index in [0.717, 1.165) is 6.07 Å². The number of nitrogen functional groups attached to an aromatic ring is 1. The first-order valence-electron chi connectivity index (χ1n) is 3.14. The summed E-state index contributed by atoms with van der Waals surface area (Å²) in [5.41, 5.74) is 4.67. The van der Waals surface area contributed by atoms with Crippen molar-refractivity contribution >= 4 is 44.2 Å². The maximum Gasteiger partial charge on any atom is 0.417 e. The third kappa shape index (κ3) is 2.49. The smallest absolute Gasteiger partial charge is 0.399 e. The van der Waals surface area contributed by atoms with Gasteiger partial charge in [-0.1, -0.05) is 0 Å². The molecule has 0 amide bonds. The first-order chi connectivity index (χ1) is 5.82. The zero-order chi connectivity index (χ0) is 10.2. The molecule has 13 heavy (non-hydrogen) atoms. The minimum absolute atomic E-state index is 0.0369. The van der Waals surface area contributed by atoms with Crippen LogP contribution in [-0.4, -0.2) is 0 Å². The largest absolute Gasteiger partial charge is 0.417 e. The molecule has 0 aliphatic carbocycles. The first-order valence-corrected chi connectivity index (χ1v) is 5.01. The van der Waals surface area contributed by atoms with Gasteiger partial charge in [-0.15, -0.1) is 0 Å². The van der Waals surface area contributed by atoms with Crippen molar-refractivity contribution in [3.63, 3.8) is 0 Å².